The minimum atomic E-state index is -0.698. The minimum absolute atomic E-state index is 0.107. The third-order valence-corrected chi connectivity index (χ3v) is 10.5. The minimum Gasteiger partial charge on any atom is -0.453 e. The highest BCUT2D eigenvalue weighted by Crippen LogP contribution is 2.35. The molecule has 270 valence electrons. The molecule has 4 amide bonds. The molecular formula is C36H44N8O6S. The summed E-state index contributed by atoms with van der Waals surface area (Å²) in [7, 11) is 2.57. The maximum atomic E-state index is 13.5. The number of hydrogen-bond acceptors (Lipinski definition) is 9. The quantitative estimate of drug-likeness (QED) is 0.185. The molecule has 0 aliphatic carbocycles. The molecule has 6 rings (SSSR count). The molecule has 0 radical (unpaired) electrons. The Kier molecular flexibility index (Phi) is 10.5. The number of nitrogens with zero attached hydrogens (tertiary/aromatic N) is 4. The Labute approximate surface area is 300 Å². The molecule has 0 spiro atoms. The van der Waals surface area contributed by atoms with E-state index < -0.39 is 24.3 Å². The average molecular weight is 717 g/mol. The van der Waals surface area contributed by atoms with Gasteiger partial charge in [0.2, 0.25) is 11.8 Å². The van der Waals surface area contributed by atoms with Gasteiger partial charge in [0.1, 0.15) is 28.6 Å². The molecule has 51 heavy (non-hydrogen) atoms. The molecule has 4 N–H and O–H groups in total. The highest BCUT2D eigenvalue weighted by molar-refractivity contribution is 7.19. The van der Waals surface area contributed by atoms with Crippen LogP contribution in [0.15, 0.2) is 24.3 Å². The van der Waals surface area contributed by atoms with Crippen molar-refractivity contribution in [3.8, 4) is 11.8 Å². The monoisotopic (exact) mass is 716 g/mol. The van der Waals surface area contributed by atoms with E-state index >= 15 is 0 Å². The normalized spacial score (nSPS) is 18.6. The number of carbonyl (C=O) groups is 4. The van der Waals surface area contributed by atoms with Gasteiger partial charge in [-0.2, -0.15) is 0 Å². The molecular weight excluding hydrogens is 673 g/mol. The summed E-state index contributed by atoms with van der Waals surface area (Å²) in [4.78, 5) is 72.6. The van der Waals surface area contributed by atoms with Crippen molar-refractivity contribution in [1.82, 2.24) is 40.4 Å². The maximum Gasteiger partial charge on any atom is 0.407 e. The van der Waals surface area contributed by atoms with Crippen molar-refractivity contribution < 1.29 is 28.7 Å². The van der Waals surface area contributed by atoms with Crippen molar-refractivity contribution in [3.05, 3.63) is 46.4 Å². The van der Waals surface area contributed by atoms with Crippen LogP contribution in [0.4, 0.5) is 9.59 Å². The summed E-state index contributed by atoms with van der Waals surface area (Å²) in [5, 5.41) is 5.37. The van der Waals surface area contributed by atoms with Crippen molar-refractivity contribution in [1.29, 1.82) is 0 Å². The van der Waals surface area contributed by atoms with Crippen LogP contribution in [0.2, 0.25) is 0 Å². The molecule has 2 saturated heterocycles. The SMILES string of the molecule is COC(=O)N[C@H](C(=O)N1CCC[C@H]1c1nc2sc(C#Cc3ccc4nc([C@H]5CCCN5C(=O)[C@H](NC(=O)OC)C(C)C)[nH]c4c3)cc2[nH]1)C(C)C. The van der Waals surface area contributed by atoms with Gasteiger partial charge in [-0.25, -0.2) is 19.6 Å². The lowest BCUT2D eigenvalue weighted by molar-refractivity contribution is -0.136. The number of amides is 4. The summed E-state index contributed by atoms with van der Waals surface area (Å²) in [5.41, 5.74) is 3.28. The fourth-order valence-electron chi connectivity index (χ4n) is 6.83. The summed E-state index contributed by atoms with van der Waals surface area (Å²) in [6.45, 7) is 8.74. The van der Waals surface area contributed by atoms with E-state index in [9.17, 15) is 19.2 Å². The second kappa shape index (κ2) is 15.0. The van der Waals surface area contributed by atoms with Gasteiger partial charge < -0.3 is 39.9 Å². The number of imidazole rings is 2. The molecule has 5 heterocycles. The van der Waals surface area contributed by atoms with Crippen LogP contribution in [-0.4, -0.2) is 93.1 Å². The Morgan fingerprint density at radius 2 is 1.35 bits per heavy atom. The van der Waals surface area contributed by atoms with E-state index in [1.807, 2.05) is 52.0 Å². The lowest BCUT2D eigenvalue weighted by Gasteiger charge is -2.29. The smallest absolute Gasteiger partial charge is 0.407 e. The molecule has 2 fully saturated rings. The van der Waals surface area contributed by atoms with E-state index in [1.54, 1.807) is 9.80 Å². The topological polar surface area (TPSA) is 175 Å². The maximum absolute atomic E-state index is 13.5. The van der Waals surface area contributed by atoms with Gasteiger partial charge in [0.15, 0.2) is 0 Å². The van der Waals surface area contributed by atoms with Crippen LogP contribution in [-0.2, 0) is 19.1 Å². The predicted molar refractivity (Wildman–Crippen MR) is 192 cm³/mol. The Morgan fingerprint density at radius 3 is 1.88 bits per heavy atom. The van der Waals surface area contributed by atoms with E-state index in [0.29, 0.717) is 18.9 Å². The molecule has 14 nitrogen and oxygen atoms in total. The zero-order chi connectivity index (χ0) is 36.4. The summed E-state index contributed by atoms with van der Waals surface area (Å²) in [6, 6.07) is 5.95. The van der Waals surface area contributed by atoms with Crippen LogP contribution in [0.5, 0.6) is 0 Å². The first-order valence-corrected chi connectivity index (χ1v) is 18.1. The molecule has 2 aliphatic rings. The summed E-state index contributed by atoms with van der Waals surface area (Å²) in [5.74, 6) is 7.42. The fourth-order valence-corrected chi connectivity index (χ4v) is 7.68. The highest BCUT2D eigenvalue weighted by atomic mass is 32.1. The Balaban J connectivity index is 1.15. The van der Waals surface area contributed by atoms with Gasteiger partial charge in [-0.3, -0.25) is 9.59 Å². The molecule has 4 aromatic rings. The van der Waals surface area contributed by atoms with Crippen LogP contribution >= 0.6 is 11.3 Å². The lowest BCUT2D eigenvalue weighted by atomic mass is 10.0. The fraction of sp³-hybridized carbons (Fsp3) is 0.500. The number of ether oxygens (including phenoxy) is 2. The number of hydrogen-bond donors (Lipinski definition) is 4. The standard InChI is InChI=1S/C36H44N8O6S/c1-19(2)28(40-35(47)49-5)33(45)43-15-7-9-26(43)30-37-23-14-12-21(17-24(23)38-30)11-13-22-18-25-32(51-22)42-31(39-25)27-10-8-16-44(27)34(46)29(20(3)4)41-36(48)50-6/h12,14,17-20,26-29H,7-10,15-16H2,1-6H3,(H,37,38)(H,39,42)(H,40,47)(H,41,48)/t26-,27+,28-,29+/m1/s1. The Hall–Kier alpha value is -5.10. The van der Waals surface area contributed by atoms with Gasteiger partial charge in [-0.1, -0.05) is 39.5 Å². The Morgan fingerprint density at radius 1 is 0.804 bits per heavy atom. The molecule has 0 saturated carbocycles. The largest absolute Gasteiger partial charge is 0.453 e. The first-order valence-electron chi connectivity index (χ1n) is 17.3. The molecule has 15 heteroatoms. The molecule has 3 aromatic heterocycles. The molecule has 1 aromatic carbocycles. The van der Waals surface area contributed by atoms with Crippen LogP contribution in [0.25, 0.3) is 21.4 Å². The number of likely N-dealkylation sites (tertiary alicyclic amines) is 2. The van der Waals surface area contributed by atoms with E-state index in [1.165, 1.54) is 25.6 Å². The molecule has 0 bridgehead atoms. The van der Waals surface area contributed by atoms with Gasteiger partial charge in [0.25, 0.3) is 0 Å². The summed E-state index contributed by atoms with van der Waals surface area (Å²) < 4.78 is 9.48. The van der Waals surface area contributed by atoms with E-state index in [4.69, 9.17) is 19.4 Å². The van der Waals surface area contributed by atoms with Crippen LogP contribution in [0.3, 0.4) is 0 Å². The van der Waals surface area contributed by atoms with Crippen molar-refractivity contribution in [2.45, 2.75) is 77.5 Å². The number of H-pyrrole nitrogens is 2. The van der Waals surface area contributed by atoms with Gasteiger partial charge >= 0.3 is 12.2 Å². The second-order valence-corrected chi connectivity index (χ2v) is 14.7. The predicted octanol–water partition coefficient (Wildman–Crippen LogP) is 4.99. The lowest BCUT2D eigenvalue weighted by Crippen LogP contribution is -2.51. The van der Waals surface area contributed by atoms with Gasteiger partial charge in [-0.05, 0) is 61.8 Å². The van der Waals surface area contributed by atoms with Gasteiger partial charge in [-0.15, -0.1) is 11.3 Å². The Bertz CT molecular complexity index is 1970. The third-order valence-electron chi connectivity index (χ3n) is 9.51. The van der Waals surface area contributed by atoms with Gasteiger partial charge in [0, 0.05) is 18.7 Å². The number of methoxy groups -OCH3 is 2. The number of thiophene rings is 1. The van der Waals surface area contributed by atoms with Crippen molar-refractivity contribution in [2.24, 2.45) is 11.8 Å². The number of carbonyl (C=O) groups excluding carboxylic acids is 4. The summed E-state index contributed by atoms with van der Waals surface area (Å²) in [6.07, 6.45) is 1.96. The van der Waals surface area contributed by atoms with Crippen LogP contribution < -0.4 is 10.6 Å². The zero-order valence-electron chi connectivity index (χ0n) is 29.7. The summed E-state index contributed by atoms with van der Waals surface area (Å²) >= 11 is 1.48. The van der Waals surface area contributed by atoms with Crippen LogP contribution in [0.1, 0.15) is 87.6 Å². The van der Waals surface area contributed by atoms with Crippen LogP contribution in [0, 0.1) is 23.7 Å². The second-order valence-electron chi connectivity index (χ2n) is 13.7. The average Bonchev–Trinajstić information content (AvgIpc) is 3.94. The number of rotatable bonds is 8. The highest BCUT2D eigenvalue weighted by Gasteiger charge is 2.39. The molecule has 4 atom stereocenters. The van der Waals surface area contributed by atoms with Gasteiger partial charge in [0.05, 0.1) is 47.7 Å². The van der Waals surface area contributed by atoms with E-state index in [-0.39, 0.29) is 35.7 Å². The zero-order valence-corrected chi connectivity index (χ0v) is 30.5. The van der Waals surface area contributed by atoms with Crippen molar-refractivity contribution in [3.63, 3.8) is 0 Å². The van der Waals surface area contributed by atoms with E-state index in [0.717, 1.165) is 63.3 Å². The number of alkyl carbamates (subject to hydrolysis) is 2. The molecule has 2 aliphatic heterocycles. The number of nitrogens with one attached hydrogen (secondary N) is 4. The first-order chi connectivity index (χ1) is 24.5. The number of aromatic nitrogens is 4. The molecule has 0 unspecified atom stereocenters. The first kappa shape index (κ1) is 35.7. The van der Waals surface area contributed by atoms with Crippen molar-refractivity contribution >= 4 is 56.7 Å². The van der Waals surface area contributed by atoms with Crippen molar-refractivity contribution in [2.75, 3.05) is 27.3 Å². The van der Waals surface area contributed by atoms with E-state index in [2.05, 4.69) is 32.4 Å². The number of benzene rings is 1. The number of aromatic amines is 2. The third kappa shape index (κ3) is 7.51. The number of fused-ring (bicyclic) bond motifs is 2.